The van der Waals surface area contributed by atoms with Gasteiger partial charge in [-0.2, -0.15) is 0 Å². The fourth-order valence-electron chi connectivity index (χ4n) is 1.28. The van der Waals surface area contributed by atoms with E-state index in [9.17, 15) is 5.11 Å². The zero-order chi connectivity index (χ0) is 8.48. The minimum atomic E-state index is -0.565. The zero-order valence-electron chi connectivity index (χ0n) is 7.08. The van der Waals surface area contributed by atoms with E-state index in [0.717, 1.165) is 19.6 Å². The Kier molecular flexibility index (Phi) is 2.80. The number of likely N-dealkylation sites (tertiary alicyclic amines) is 1. The smallest absolute Gasteiger partial charge is 0.0718 e. The maximum absolute atomic E-state index is 9.43. The summed E-state index contributed by atoms with van der Waals surface area (Å²) in [5, 5.41) is 15.4. The molecule has 1 fully saturated rings. The molecular formula is C7H16N2OS. The molecule has 0 spiro atoms. The first-order valence-electron chi connectivity index (χ1n) is 3.81. The summed E-state index contributed by atoms with van der Waals surface area (Å²) in [5.41, 5.74) is -0.565. The van der Waals surface area contributed by atoms with Gasteiger partial charge in [0, 0.05) is 24.9 Å². The van der Waals surface area contributed by atoms with Gasteiger partial charge < -0.3 is 5.11 Å². The molecule has 4 heteroatoms. The van der Waals surface area contributed by atoms with Crippen molar-refractivity contribution in [1.82, 2.24) is 4.90 Å². The van der Waals surface area contributed by atoms with E-state index in [0.29, 0.717) is 5.25 Å². The second-order valence-electron chi connectivity index (χ2n) is 3.76. The molecule has 0 bridgehead atoms. The van der Waals surface area contributed by atoms with E-state index in [2.05, 4.69) is 4.90 Å². The minimum Gasteiger partial charge on any atom is -0.389 e. The molecule has 0 aromatic carbocycles. The average Bonchev–Trinajstić information content (AvgIpc) is 1.75. The Labute approximate surface area is 72.1 Å². The highest BCUT2D eigenvalue weighted by atomic mass is 32.2. The van der Waals surface area contributed by atoms with Crippen molar-refractivity contribution in [3.63, 3.8) is 0 Å². The number of nitrogens with zero attached hydrogens (tertiary/aromatic N) is 1. The Bertz CT molecular complexity index is 129. The summed E-state index contributed by atoms with van der Waals surface area (Å²) in [7, 11) is 0. The van der Waals surface area contributed by atoms with Gasteiger partial charge in [0.2, 0.25) is 0 Å². The van der Waals surface area contributed by atoms with Gasteiger partial charge >= 0.3 is 0 Å². The van der Waals surface area contributed by atoms with Crippen LogP contribution in [0.15, 0.2) is 0 Å². The molecular weight excluding hydrogens is 160 g/mol. The van der Waals surface area contributed by atoms with E-state index in [1.165, 1.54) is 11.9 Å². The summed E-state index contributed by atoms with van der Waals surface area (Å²) in [6.45, 7) is 6.45. The van der Waals surface area contributed by atoms with Crippen LogP contribution in [0.5, 0.6) is 0 Å². The maximum atomic E-state index is 9.43. The summed E-state index contributed by atoms with van der Waals surface area (Å²) in [5.74, 6) is 0. The number of aliphatic hydroxyl groups is 1. The highest BCUT2D eigenvalue weighted by Gasteiger charge is 2.29. The number of nitrogens with two attached hydrogens (primary N) is 1. The Hall–Kier alpha value is 0.230. The molecule has 0 radical (unpaired) electrons. The third-order valence-electron chi connectivity index (χ3n) is 1.73. The maximum Gasteiger partial charge on any atom is 0.0718 e. The van der Waals surface area contributed by atoms with Crippen LogP contribution in [0.3, 0.4) is 0 Å². The van der Waals surface area contributed by atoms with Crippen molar-refractivity contribution in [3.05, 3.63) is 0 Å². The van der Waals surface area contributed by atoms with Gasteiger partial charge in [0.05, 0.1) is 5.60 Å². The Morgan fingerprint density at radius 3 is 2.55 bits per heavy atom. The molecule has 0 amide bonds. The summed E-state index contributed by atoms with van der Waals surface area (Å²) < 4.78 is 0. The Morgan fingerprint density at radius 1 is 1.64 bits per heavy atom. The van der Waals surface area contributed by atoms with Crippen molar-refractivity contribution in [2.45, 2.75) is 24.7 Å². The first-order chi connectivity index (χ1) is 5.01. The molecule has 3 N–H and O–H groups in total. The van der Waals surface area contributed by atoms with E-state index in [1.807, 2.05) is 13.8 Å². The number of hydrogen-bond acceptors (Lipinski definition) is 4. The van der Waals surface area contributed by atoms with Crippen LogP contribution in [0.1, 0.15) is 13.8 Å². The second kappa shape index (κ2) is 3.31. The standard InChI is InChI=1S/C7H16N2OS/c1-7(2,10)5-9-3-6(4-9)11-8/h6,10H,3-5,8H2,1-2H3. The quantitative estimate of drug-likeness (QED) is 0.597. The van der Waals surface area contributed by atoms with E-state index < -0.39 is 5.60 Å². The van der Waals surface area contributed by atoms with E-state index in [1.54, 1.807) is 0 Å². The van der Waals surface area contributed by atoms with Crippen molar-refractivity contribution >= 4 is 11.9 Å². The van der Waals surface area contributed by atoms with Gasteiger partial charge in [-0.05, 0) is 13.8 Å². The second-order valence-corrected chi connectivity index (χ2v) is 4.70. The first-order valence-corrected chi connectivity index (χ1v) is 4.76. The lowest BCUT2D eigenvalue weighted by molar-refractivity contribution is 0.0179. The molecule has 1 saturated heterocycles. The van der Waals surface area contributed by atoms with Crippen molar-refractivity contribution in [1.29, 1.82) is 0 Å². The molecule has 1 aliphatic rings. The summed E-state index contributed by atoms with van der Waals surface area (Å²) in [6, 6.07) is 0. The topological polar surface area (TPSA) is 49.5 Å². The molecule has 11 heavy (non-hydrogen) atoms. The molecule has 0 aliphatic carbocycles. The van der Waals surface area contributed by atoms with Gasteiger partial charge in [-0.3, -0.25) is 10.0 Å². The number of rotatable bonds is 3. The number of β-amino-alcohol motifs (C(OH)–C–C–N with tert-alkyl or cyclic N) is 1. The van der Waals surface area contributed by atoms with Crippen molar-refractivity contribution in [3.8, 4) is 0 Å². The Balaban J connectivity index is 2.14. The van der Waals surface area contributed by atoms with E-state index >= 15 is 0 Å². The van der Waals surface area contributed by atoms with Crippen molar-refractivity contribution in [2.75, 3.05) is 19.6 Å². The molecule has 66 valence electrons. The largest absolute Gasteiger partial charge is 0.389 e. The molecule has 3 nitrogen and oxygen atoms in total. The summed E-state index contributed by atoms with van der Waals surface area (Å²) >= 11 is 1.42. The lowest BCUT2D eigenvalue weighted by Crippen LogP contribution is -2.54. The Morgan fingerprint density at radius 2 is 2.18 bits per heavy atom. The fourth-order valence-corrected chi connectivity index (χ4v) is 1.88. The third kappa shape index (κ3) is 2.99. The van der Waals surface area contributed by atoms with Gasteiger partial charge in [0.25, 0.3) is 0 Å². The molecule has 0 aromatic rings. The predicted octanol–water partition coefficient (Wildman–Crippen LogP) is 0.0484. The molecule has 0 atom stereocenters. The molecule has 1 heterocycles. The molecule has 1 rings (SSSR count). The van der Waals surface area contributed by atoms with E-state index in [4.69, 9.17) is 5.14 Å². The SMILES string of the molecule is CC(C)(O)CN1CC(SN)C1. The normalized spacial score (nSPS) is 21.8. The van der Waals surface area contributed by atoms with Gasteiger partial charge in [-0.15, -0.1) is 0 Å². The number of hydrogen-bond donors (Lipinski definition) is 2. The minimum absolute atomic E-state index is 0.565. The lowest BCUT2D eigenvalue weighted by Gasteiger charge is -2.40. The molecule has 0 unspecified atom stereocenters. The van der Waals surface area contributed by atoms with Gasteiger partial charge in [0.15, 0.2) is 0 Å². The van der Waals surface area contributed by atoms with Crippen LogP contribution in [0.4, 0.5) is 0 Å². The van der Waals surface area contributed by atoms with Gasteiger partial charge in [0.1, 0.15) is 0 Å². The van der Waals surface area contributed by atoms with Crippen LogP contribution in [0.25, 0.3) is 0 Å². The highest BCUT2D eigenvalue weighted by molar-refractivity contribution is 7.97. The van der Waals surface area contributed by atoms with Gasteiger partial charge in [-0.25, -0.2) is 0 Å². The van der Waals surface area contributed by atoms with Crippen LogP contribution in [-0.4, -0.2) is 40.5 Å². The van der Waals surface area contributed by atoms with Crippen LogP contribution >= 0.6 is 11.9 Å². The zero-order valence-corrected chi connectivity index (χ0v) is 7.90. The molecule has 0 aromatic heterocycles. The van der Waals surface area contributed by atoms with Crippen LogP contribution < -0.4 is 5.14 Å². The lowest BCUT2D eigenvalue weighted by atomic mass is 10.1. The molecule has 0 saturated carbocycles. The summed E-state index contributed by atoms with van der Waals surface area (Å²) in [6.07, 6.45) is 0. The predicted molar refractivity (Wildman–Crippen MR) is 48.3 cm³/mol. The van der Waals surface area contributed by atoms with Crippen LogP contribution in [0, 0.1) is 0 Å². The fraction of sp³-hybridized carbons (Fsp3) is 1.00. The van der Waals surface area contributed by atoms with Crippen molar-refractivity contribution in [2.24, 2.45) is 5.14 Å². The van der Waals surface area contributed by atoms with Crippen LogP contribution in [0.2, 0.25) is 0 Å². The van der Waals surface area contributed by atoms with Crippen LogP contribution in [-0.2, 0) is 0 Å². The monoisotopic (exact) mass is 176 g/mol. The highest BCUT2D eigenvalue weighted by Crippen LogP contribution is 2.19. The first kappa shape index (κ1) is 9.32. The summed E-state index contributed by atoms with van der Waals surface area (Å²) in [4.78, 5) is 2.21. The third-order valence-corrected chi connectivity index (χ3v) is 2.41. The van der Waals surface area contributed by atoms with E-state index in [-0.39, 0.29) is 0 Å². The molecule has 1 aliphatic heterocycles. The average molecular weight is 176 g/mol. The van der Waals surface area contributed by atoms with Crippen molar-refractivity contribution < 1.29 is 5.11 Å². The van der Waals surface area contributed by atoms with Gasteiger partial charge in [-0.1, -0.05) is 11.9 Å².